The first-order valence-electron chi connectivity index (χ1n) is 12.6. The quantitative estimate of drug-likeness (QED) is 0.466. The fourth-order valence-electron chi connectivity index (χ4n) is 4.67. The third kappa shape index (κ3) is 6.74. The smallest absolute Gasteiger partial charge is 0.224 e. The molecule has 4 N–H and O–H groups in total. The number of piperidine rings is 1. The largest absolute Gasteiger partial charge is 0.393 e. The van der Waals surface area contributed by atoms with E-state index in [9.17, 15) is 5.11 Å². The number of aliphatic hydroxyl groups is 1. The van der Waals surface area contributed by atoms with Gasteiger partial charge in [-0.2, -0.15) is 4.98 Å². The molecule has 2 aliphatic rings. The number of hydrogen-bond donors (Lipinski definition) is 4. The van der Waals surface area contributed by atoms with Gasteiger partial charge in [-0.15, -0.1) is 0 Å². The lowest BCUT2D eigenvalue weighted by molar-refractivity contribution is 0.126. The van der Waals surface area contributed by atoms with Crippen LogP contribution in [0.1, 0.15) is 70.8 Å². The van der Waals surface area contributed by atoms with Crippen LogP contribution in [0.3, 0.4) is 0 Å². The van der Waals surface area contributed by atoms with E-state index in [2.05, 4.69) is 53.0 Å². The molecule has 1 aliphatic heterocycles. The van der Waals surface area contributed by atoms with Crippen LogP contribution >= 0.6 is 0 Å². The second kappa shape index (κ2) is 11.6. The van der Waals surface area contributed by atoms with Crippen molar-refractivity contribution in [2.24, 2.45) is 0 Å². The molecule has 0 aromatic carbocycles. The molecule has 0 spiro atoms. The van der Waals surface area contributed by atoms with Crippen molar-refractivity contribution in [3.8, 4) is 11.3 Å². The maximum absolute atomic E-state index is 9.88. The fourth-order valence-corrected chi connectivity index (χ4v) is 4.67. The monoisotopic (exact) mass is 450 g/mol. The van der Waals surface area contributed by atoms with E-state index in [1.54, 1.807) is 0 Å². The van der Waals surface area contributed by atoms with Crippen molar-refractivity contribution in [1.82, 2.24) is 20.3 Å². The zero-order valence-electron chi connectivity index (χ0n) is 20.0. The molecule has 0 radical (unpaired) electrons. The molecule has 4 rings (SSSR count). The summed E-state index contributed by atoms with van der Waals surface area (Å²) < 4.78 is 0. The Hall–Kier alpha value is -2.51. The Morgan fingerprint density at radius 1 is 1.12 bits per heavy atom. The summed E-state index contributed by atoms with van der Waals surface area (Å²) in [4.78, 5) is 14.2. The third-order valence-electron chi connectivity index (χ3n) is 6.60. The minimum absolute atomic E-state index is 0.177. The summed E-state index contributed by atoms with van der Waals surface area (Å²) >= 11 is 0. The zero-order chi connectivity index (χ0) is 23.0. The number of hydrogen-bond acceptors (Lipinski definition) is 7. The number of anilines is 2. The first-order chi connectivity index (χ1) is 16.1. The Balaban J connectivity index is 1.56. The number of rotatable bonds is 8. The molecular weight excluding hydrogens is 412 g/mol. The maximum atomic E-state index is 9.88. The molecule has 1 saturated carbocycles. The topological polar surface area (TPSA) is 95.0 Å². The SMILES string of the molecule is CCCC(C)Nc1ncc(-c2ccc(C=C3CCNCC3)cn2)c(NC2CCC(O)CC2)n1. The van der Waals surface area contributed by atoms with Gasteiger partial charge in [0, 0.05) is 24.5 Å². The highest BCUT2D eigenvalue weighted by Gasteiger charge is 2.21. The molecule has 1 aliphatic carbocycles. The summed E-state index contributed by atoms with van der Waals surface area (Å²) in [6, 6.07) is 4.81. The van der Waals surface area contributed by atoms with Gasteiger partial charge in [0.15, 0.2) is 0 Å². The van der Waals surface area contributed by atoms with Crippen LogP contribution in [-0.2, 0) is 0 Å². The summed E-state index contributed by atoms with van der Waals surface area (Å²) in [6.45, 7) is 6.45. The van der Waals surface area contributed by atoms with Crippen LogP contribution in [0.25, 0.3) is 17.3 Å². The molecule has 7 heteroatoms. The fraction of sp³-hybridized carbons (Fsp3) is 0.577. The molecule has 33 heavy (non-hydrogen) atoms. The average molecular weight is 451 g/mol. The highest BCUT2D eigenvalue weighted by atomic mass is 16.3. The lowest BCUT2D eigenvalue weighted by Gasteiger charge is -2.27. The standard InChI is InChI=1S/C26H38N6O/c1-3-4-18(2)30-26-29-17-23(25(32-26)31-21-6-8-22(33)9-7-21)24-10-5-20(16-28-24)15-19-11-13-27-14-12-19/h5,10,15-18,21-22,27,33H,3-4,6-9,11-14H2,1-2H3,(H2,29,30,31,32). The van der Waals surface area contributed by atoms with Gasteiger partial charge >= 0.3 is 0 Å². The Labute approximate surface area is 197 Å². The number of pyridine rings is 1. The molecule has 178 valence electrons. The van der Waals surface area contributed by atoms with Crippen LogP contribution in [-0.4, -0.2) is 51.3 Å². The third-order valence-corrected chi connectivity index (χ3v) is 6.60. The molecule has 1 unspecified atom stereocenters. The van der Waals surface area contributed by atoms with Crippen LogP contribution in [0.2, 0.25) is 0 Å². The summed E-state index contributed by atoms with van der Waals surface area (Å²) in [5, 5.41) is 20.3. The van der Waals surface area contributed by atoms with Crippen molar-refractivity contribution in [2.75, 3.05) is 23.7 Å². The summed E-state index contributed by atoms with van der Waals surface area (Å²) in [7, 11) is 0. The van der Waals surface area contributed by atoms with E-state index in [4.69, 9.17) is 9.97 Å². The summed E-state index contributed by atoms with van der Waals surface area (Å²) in [6.07, 6.45) is 13.8. The Kier molecular flexibility index (Phi) is 8.29. The molecule has 0 amide bonds. The van der Waals surface area contributed by atoms with Gasteiger partial charge in [-0.3, -0.25) is 4.98 Å². The molecule has 2 aromatic heterocycles. The first-order valence-corrected chi connectivity index (χ1v) is 12.6. The van der Waals surface area contributed by atoms with E-state index in [1.807, 2.05) is 12.4 Å². The van der Waals surface area contributed by atoms with E-state index in [0.29, 0.717) is 18.0 Å². The number of nitrogens with one attached hydrogen (secondary N) is 3. The predicted molar refractivity (Wildman–Crippen MR) is 135 cm³/mol. The van der Waals surface area contributed by atoms with Gasteiger partial charge in [0.05, 0.1) is 17.4 Å². The van der Waals surface area contributed by atoms with Crippen LogP contribution in [0, 0.1) is 0 Å². The van der Waals surface area contributed by atoms with Gasteiger partial charge in [0.2, 0.25) is 5.95 Å². The Bertz CT molecular complexity index is 913. The highest BCUT2D eigenvalue weighted by Crippen LogP contribution is 2.29. The van der Waals surface area contributed by atoms with E-state index in [-0.39, 0.29) is 6.10 Å². The van der Waals surface area contributed by atoms with Gasteiger partial charge in [0.1, 0.15) is 5.82 Å². The van der Waals surface area contributed by atoms with Gasteiger partial charge in [-0.25, -0.2) is 4.98 Å². The molecule has 1 atom stereocenters. The summed E-state index contributed by atoms with van der Waals surface area (Å²) in [5.74, 6) is 1.46. The maximum Gasteiger partial charge on any atom is 0.224 e. The van der Waals surface area contributed by atoms with Crippen molar-refractivity contribution >= 4 is 17.8 Å². The second-order valence-electron chi connectivity index (χ2n) is 9.47. The lowest BCUT2D eigenvalue weighted by atomic mass is 9.93. The molecule has 2 fully saturated rings. The molecule has 7 nitrogen and oxygen atoms in total. The van der Waals surface area contributed by atoms with E-state index in [0.717, 1.165) is 87.1 Å². The lowest BCUT2D eigenvalue weighted by Crippen LogP contribution is -2.29. The van der Waals surface area contributed by atoms with Gasteiger partial charge in [0.25, 0.3) is 0 Å². The normalized spacial score (nSPS) is 22.0. The minimum atomic E-state index is -0.177. The van der Waals surface area contributed by atoms with Crippen LogP contribution in [0.4, 0.5) is 11.8 Å². The van der Waals surface area contributed by atoms with Gasteiger partial charge in [-0.05, 0) is 76.6 Å². The van der Waals surface area contributed by atoms with Crippen molar-refractivity contribution in [3.63, 3.8) is 0 Å². The van der Waals surface area contributed by atoms with Crippen molar-refractivity contribution in [2.45, 2.75) is 83.4 Å². The van der Waals surface area contributed by atoms with Crippen molar-refractivity contribution in [1.29, 1.82) is 0 Å². The van der Waals surface area contributed by atoms with Crippen molar-refractivity contribution < 1.29 is 5.11 Å². The van der Waals surface area contributed by atoms with E-state index >= 15 is 0 Å². The van der Waals surface area contributed by atoms with Gasteiger partial charge in [-0.1, -0.05) is 31.1 Å². The first kappa shape index (κ1) is 23.6. The van der Waals surface area contributed by atoms with Gasteiger partial charge < -0.3 is 21.1 Å². The predicted octanol–water partition coefficient (Wildman–Crippen LogP) is 4.62. The molecule has 3 heterocycles. The van der Waals surface area contributed by atoms with Crippen LogP contribution in [0.15, 0.2) is 30.1 Å². The molecule has 2 aromatic rings. The van der Waals surface area contributed by atoms with Crippen LogP contribution < -0.4 is 16.0 Å². The molecule has 0 bridgehead atoms. The number of nitrogens with zero attached hydrogens (tertiary/aromatic N) is 3. The highest BCUT2D eigenvalue weighted by molar-refractivity contribution is 5.73. The Morgan fingerprint density at radius 2 is 1.91 bits per heavy atom. The number of aliphatic hydroxyl groups excluding tert-OH is 1. The Morgan fingerprint density at radius 3 is 2.61 bits per heavy atom. The zero-order valence-corrected chi connectivity index (χ0v) is 20.0. The molecule has 1 saturated heterocycles. The van der Waals surface area contributed by atoms with E-state index < -0.39 is 0 Å². The summed E-state index contributed by atoms with van der Waals surface area (Å²) in [5.41, 5.74) is 4.40. The average Bonchev–Trinajstić information content (AvgIpc) is 2.82. The second-order valence-corrected chi connectivity index (χ2v) is 9.47. The van der Waals surface area contributed by atoms with E-state index in [1.165, 1.54) is 5.57 Å². The number of aromatic nitrogens is 3. The molecular formula is C26H38N6O. The minimum Gasteiger partial charge on any atom is -0.393 e. The van der Waals surface area contributed by atoms with Crippen LogP contribution in [0.5, 0.6) is 0 Å². The van der Waals surface area contributed by atoms with Crippen molar-refractivity contribution in [3.05, 3.63) is 35.7 Å².